The van der Waals surface area contributed by atoms with Crippen LogP contribution in [0.25, 0.3) is 10.9 Å². The highest BCUT2D eigenvalue weighted by Gasteiger charge is 2.13. The summed E-state index contributed by atoms with van der Waals surface area (Å²) in [6, 6.07) is 7.37. The Bertz CT molecular complexity index is 836. The zero-order valence-electron chi connectivity index (χ0n) is 17.6. The van der Waals surface area contributed by atoms with E-state index in [1.807, 2.05) is 24.3 Å². The second-order valence-corrected chi connectivity index (χ2v) is 7.68. The van der Waals surface area contributed by atoms with E-state index in [-0.39, 0.29) is 17.2 Å². The van der Waals surface area contributed by atoms with Crippen molar-refractivity contribution in [2.75, 3.05) is 45.6 Å². The lowest BCUT2D eigenvalue weighted by molar-refractivity contribution is -0.118. The minimum absolute atomic E-state index is 0.0434. The van der Waals surface area contributed by atoms with Gasteiger partial charge in [0, 0.05) is 26.8 Å². The normalized spacial score (nSPS) is 11.3. The first-order valence-electron chi connectivity index (χ1n) is 10.2. The van der Waals surface area contributed by atoms with Crippen molar-refractivity contribution in [3.63, 3.8) is 0 Å². The van der Waals surface area contributed by atoms with Gasteiger partial charge in [0.15, 0.2) is 5.16 Å². The maximum atomic E-state index is 13.0. The van der Waals surface area contributed by atoms with Crippen LogP contribution in [0.1, 0.15) is 26.7 Å². The minimum Gasteiger partial charge on any atom is -0.385 e. The lowest BCUT2D eigenvalue weighted by Crippen LogP contribution is -2.29. The maximum Gasteiger partial charge on any atom is 0.262 e. The Labute approximate surface area is 176 Å². The Morgan fingerprint density at radius 3 is 2.72 bits per heavy atom. The number of rotatable bonds is 13. The molecular formula is C21H32N4O3S. The van der Waals surface area contributed by atoms with Crippen molar-refractivity contribution in [3.05, 3.63) is 34.6 Å². The molecule has 1 aromatic carbocycles. The van der Waals surface area contributed by atoms with E-state index < -0.39 is 0 Å². The van der Waals surface area contributed by atoms with Crippen LogP contribution in [0.5, 0.6) is 0 Å². The summed E-state index contributed by atoms with van der Waals surface area (Å²) in [6.45, 7) is 8.97. The van der Waals surface area contributed by atoms with E-state index >= 15 is 0 Å². The average molecular weight is 421 g/mol. The SMILES string of the molecule is CCN(CC)CCCn1c(SCC(=O)NCCCOC)nc2ccccc2c1=O. The molecule has 29 heavy (non-hydrogen) atoms. The van der Waals surface area contributed by atoms with Gasteiger partial charge in [0.25, 0.3) is 5.56 Å². The Hall–Kier alpha value is -1.90. The largest absolute Gasteiger partial charge is 0.385 e. The van der Waals surface area contributed by atoms with Crippen molar-refractivity contribution in [1.82, 2.24) is 19.8 Å². The van der Waals surface area contributed by atoms with Gasteiger partial charge in [-0.25, -0.2) is 4.98 Å². The molecule has 0 unspecified atom stereocenters. The van der Waals surface area contributed by atoms with Crippen LogP contribution in [0.2, 0.25) is 0 Å². The second-order valence-electron chi connectivity index (χ2n) is 6.73. The molecule has 7 nitrogen and oxygen atoms in total. The molecule has 1 amide bonds. The van der Waals surface area contributed by atoms with Gasteiger partial charge in [-0.05, 0) is 44.6 Å². The first-order chi connectivity index (χ1) is 14.1. The molecule has 1 N–H and O–H groups in total. The number of aromatic nitrogens is 2. The molecule has 160 valence electrons. The highest BCUT2D eigenvalue weighted by atomic mass is 32.2. The number of para-hydroxylation sites is 1. The van der Waals surface area contributed by atoms with Gasteiger partial charge in [0.1, 0.15) is 0 Å². The number of fused-ring (bicyclic) bond motifs is 1. The molecule has 2 aromatic rings. The fraction of sp³-hybridized carbons (Fsp3) is 0.571. The highest BCUT2D eigenvalue weighted by molar-refractivity contribution is 7.99. The number of hydrogen-bond donors (Lipinski definition) is 1. The van der Waals surface area contributed by atoms with Crippen LogP contribution in [0.3, 0.4) is 0 Å². The van der Waals surface area contributed by atoms with Gasteiger partial charge in [-0.3, -0.25) is 14.2 Å². The molecule has 0 aliphatic rings. The molecular weight excluding hydrogens is 388 g/mol. The van der Waals surface area contributed by atoms with Crippen molar-refractivity contribution in [1.29, 1.82) is 0 Å². The minimum atomic E-state index is -0.0665. The van der Waals surface area contributed by atoms with Crippen LogP contribution in [-0.2, 0) is 16.1 Å². The van der Waals surface area contributed by atoms with Gasteiger partial charge < -0.3 is 15.0 Å². The van der Waals surface area contributed by atoms with E-state index in [0.717, 1.165) is 32.5 Å². The molecule has 0 aliphatic heterocycles. The number of thioether (sulfide) groups is 1. The molecule has 0 spiro atoms. The number of hydrogen-bond acceptors (Lipinski definition) is 6. The van der Waals surface area contributed by atoms with Crippen molar-refractivity contribution in [3.8, 4) is 0 Å². The topological polar surface area (TPSA) is 76.5 Å². The van der Waals surface area contributed by atoms with Crippen LogP contribution >= 0.6 is 11.8 Å². The zero-order chi connectivity index (χ0) is 21.1. The zero-order valence-corrected chi connectivity index (χ0v) is 18.5. The third-order valence-electron chi connectivity index (χ3n) is 4.76. The van der Waals surface area contributed by atoms with Gasteiger partial charge in [-0.2, -0.15) is 0 Å². The molecule has 0 bridgehead atoms. The Balaban J connectivity index is 2.11. The molecule has 1 aromatic heterocycles. The number of carbonyl (C=O) groups excluding carboxylic acids is 1. The maximum absolute atomic E-state index is 13.0. The number of amides is 1. The third-order valence-corrected chi connectivity index (χ3v) is 5.73. The number of nitrogens with one attached hydrogen (secondary N) is 1. The predicted molar refractivity (Wildman–Crippen MR) is 119 cm³/mol. The Morgan fingerprint density at radius 1 is 1.24 bits per heavy atom. The molecule has 0 atom stereocenters. The van der Waals surface area contributed by atoms with Crippen LogP contribution in [0.15, 0.2) is 34.2 Å². The van der Waals surface area contributed by atoms with E-state index in [0.29, 0.717) is 35.8 Å². The van der Waals surface area contributed by atoms with Gasteiger partial charge in [-0.15, -0.1) is 0 Å². The summed E-state index contributed by atoms with van der Waals surface area (Å²) in [4.78, 5) is 32.2. The summed E-state index contributed by atoms with van der Waals surface area (Å²) in [5.41, 5.74) is 0.624. The molecule has 2 rings (SSSR count). The number of benzene rings is 1. The van der Waals surface area contributed by atoms with E-state index in [4.69, 9.17) is 4.74 Å². The molecule has 0 saturated carbocycles. The predicted octanol–water partition coefficient (Wildman–Crippen LogP) is 2.37. The molecule has 0 radical (unpaired) electrons. The van der Waals surface area contributed by atoms with Gasteiger partial charge in [0.2, 0.25) is 5.91 Å². The number of ether oxygens (including phenoxy) is 1. The Kier molecular flexibility index (Phi) is 10.2. The lowest BCUT2D eigenvalue weighted by Gasteiger charge is -2.19. The number of methoxy groups -OCH3 is 1. The second kappa shape index (κ2) is 12.6. The summed E-state index contributed by atoms with van der Waals surface area (Å²) < 4.78 is 6.70. The first-order valence-corrected chi connectivity index (χ1v) is 11.2. The van der Waals surface area contributed by atoms with Gasteiger partial charge >= 0.3 is 0 Å². The summed E-state index contributed by atoms with van der Waals surface area (Å²) in [5.74, 6) is 0.163. The van der Waals surface area contributed by atoms with Gasteiger partial charge in [0.05, 0.1) is 16.7 Å². The van der Waals surface area contributed by atoms with Gasteiger partial charge in [-0.1, -0.05) is 37.7 Å². The van der Waals surface area contributed by atoms with Crippen LogP contribution in [0.4, 0.5) is 0 Å². The van der Waals surface area contributed by atoms with Crippen molar-refractivity contribution < 1.29 is 9.53 Å². The van der Waals surface area contributed by atoms with Crippen molar-refractivity contribution in [2.24, 2.45) is 0 Å². The first kappa shape index (κ1) is 23.4. The van der Waals surface area contributed by atoms with E-state index in [1.54, 1.807) is 11.7 Å². The monoisotopic (exact) mass is 420 g/mol. The number of nitrogens with zero attached hydrogens (tertiary/aromatic N) is 3. The molecule has 8 heteroatoms. The van der Waals surface area contributed by atoms with E-state index in [1.165, 1.54) is 11.8 Å². The average Bonchev–Trinajstić information content (AvgIpc) is 2.74. The van der Waals surface area contributed by atoms with E-state index in [2.05, 4.69) is 29.0 Å². The molecule has 0 fully saturated rings. The van der Waals surface area contributed by atoms with Crippen LogP contribution in [0, 0.1) is 0 Å². The number of carbonyl (C=O) groups is 1. The van der Waals surface area contributed by atoms with Crippen LogP contribution in [-0.4, -0.2) is 66.0 Å². The van der Waals surface area contributed by atoms with Crippen molar-refractivity contribution in [2.45, 2.75) is 38.4 Å². The fourth-order valence-corrected chi connectivity index (χ4v) is 3.93. The smallest absolute Gasteiger partial charge is 0.262 e. The quantitative estimate of drug-likeness (QED) is 0.305. The van der Waals surface area contributed by atoms with Crippen molar-refractivity contribution >= 4 is 28.6 Å². The standard InChI is InChI=1S/C21H32N4O3S/c1-4-24(5-2)13-9-14-25-20(27)17-10-6-7-11-18(17)23-21(25)29-16-19(26)22-12-8-15-28-3/h6-7,10-11H,4-5,8-9,12-16H2,1-3H3,(H,22,26). The summed E-state index contributed by atoms with van der Waals surface area (Å²) in [7, 11) is 1.64. The summed E-state index contributed by atoms with van der Waals surface area (Å²) >= 11 is 1.31. The summed E-state index contributed by atoms with van der Waals surface area (Å²) in [6.07, 6.45) is 1.63. The fourth-order valence-electron chi connectivity index (χ4n) is 3.07. The van der Waals surface area contributed by atoms with Crippen LogP contribution < -0.4 is 10.9 Å². The van der Waals surface area contributed by atoms with E-state index in [9.17, 15) is 9.59 Å². The molecule has 1 heterocycles. The lowest BCUT2D eigenvalue weighted by atomic mass is 10.2. The molecule has 0 saturated heterocycles. The molecule has 0 aliphatic carbocycles. The third kappa shape index (κ3) is 7.13. The highest BCUT2D eigenvalue weighted by Crippen LogP contribution is 2.18. The summed E-state index contributed by atoms with van der Waals surface area (Å²) in [5, 5.41) is 4.08. The Morgan fingerprint density at radius 2 is 2.00 bits per heavy atom.